The third-order valence-corrected chi connectivity index (χ3v) is 1.03. The summed E-state index contributed by atoms with van der Waals surface area (Å²) < 4.78 is 0. The van der Waals surface area contributed by atoms with Gasteiger partial charge in [0.25, 0.3) is 0 Å². The SMILES string of the molecule is CC(C)C[C@H](C)[C-]=O.[Na+].[OH-]. The summed E-state index contributed by atoms with van der Waals surface area (Å²) in [6.07, 6.45) is 2.91. The topological polar surface area (TPSA) is 47.1 Å². The third-order valence-electron chi connectivity index (χ3n) is 1.03. The minimum atomic E-state index is 0. The van der Waals surface area contributed by atoms with Gasteiger partial charge in [0, 0.05) is 0 Å². The van der Waals surface area contributed by atoms with Crippen molar-refractivity contribution in [3.8, 4) is 0 Å². The Bertz CT molecular complexity index is 74.0. The maximum absolute atomic E-state index is 9.92. The Labute approximate surface area is 85.0 Å². The summed E-state index contributed by atoms with van der Waals surface area (Å²) in [6.45, 7) is 6.11. The minimum absolute atomic E-state index is 0. The molecule has 0 fully saturated rings. The van der Waals surface area contributed by atoms with Crippen molar-refractivity contribution in [3.63, 3.8) is 0 Å². The van der Waals surface area contributed by atoms with Crippen molar-refractivity contribution in [1.82, 2.24) is 0 Å². The molecule has 0 saturated carbocycles. The molecule has 0 rings (SSSR count). The summed E-state index contributed by atoms with van der Waals surface area (Å²) in [5, 5.41) is 0. The zero-order valence-corrected chi connectivity index (χ0v) is 9.22. The maximum Gasteiger partial charge on any atom is 1.00 e. The van der Waals surface area contributed by atoms with Crippen LogP contribution >= 0.6 is 0 Å². The molecule has 10 heavy (non-hydrogen) atoms. The Hall–Kier alpha value is 0.630. The normalized spacial score (nSPS) is 11.2. The van der Waals surface area contributed by atoms with Crippen LogP contribution in [0.1, 0.15) is 27.2 Å². The Morgan fingerprint density at radius 2 is 1.70 bits per heavy atom. The van der Waals surface area contributed by atoms with Crippen LogP contribution in [0, 0.1) is 11.8 Å². The molecule has 0 aliphatic heterocycles. The van der Waals surface area contributed by atoms with E-state index in [1.807, 2.05) is 13.2 Å². The van der Waals surface area contributed by atoms with Crippen molar-refractivity contribution in [2.45, 2.75) is 27.2 Å². The molecular weight excluding hydrogens is 139 g/mol. The molecule has 0 amide bonds. The molecule has 0 spiro atoms. The van der Waals surface area contributed by atoms with Crippen LogP contribution in [0.25, 0.3) is 0 Å². The molecule has 0 aromatic carbocycles. The molecule has 3 heteroatoms. The maximum atomic E-state index is 9.92. The number of carbonyl (C=O) groups excluding carboxylic acids is 1. The second-order valence-corrected chi connectivity index (χ2v) is 2.65. The fraction of sp³-hybridized carbons (Fsp3) is 0.857. The van der Waals surface area contributed by atoms with Crippen molar-refractivity contribution >= 4 is 6.29 Å². The van der Waals surface area contributed by atoms with E-state index in [9.17, 15) is 4.79 Å². The van der Waals surface area contributed by atoms with Gasteiger partial charge in [-0.15, -0.1) is 5.92 Å². The molecule has 0 saturated heterocycles. The van der Waals surface area contributed by atoms with Crippen molar-refractivity contribution in [1.29, 1.82) is 0 Å². The summed E-state index contributed by atoms with van der Waals surface area (Å²) >= 11 is 0. The summed E-state index contributed by atoms with van der Waals surface area (Å²) in [5.74, 6) is 0.737. The monoisotopic (exact) mass is 153 g/mol. The van der Waals surface area contributed by atoms with E-state index in [1.54, 1.807) is 0 Å². The van der Waals surface area contributed by atoms with Gasteiger partial charge in [0.15, 0.2) is 0 Å². The van der Waals surface area contributed by atoms with Crippen LogP contribution in [-0.4, -0.2) is 11.8 Å². The van der Waals surface area contributed by atoms with E-state index in [0.717, 1.165) is 6.42 Å². The Morgan fingerprint density at radius 3 is 1.80 bits per heavy atom. The first-order chi connectivity index (χ1) is 3.66. The van der Waals surface area contributed by atoms with Crippen molar-refractivity contribution in [2.24, 2.45) is 11.8 Å². The predicted molar refractivity (Wildman–Crippen MR) is 36.2 cm³/mol. The van der Waals surface area contributed by atoms with Gasteiger partial charge in [-0.3, -0.25) is 6.29 Å². The van der Waals surface area contributed by atoms with Crippen LogP contribution < -0.4 is 29.6 Å². The molecule has 0 unspecified atom stereocenters. The van der Waals surface area contributed by atoms with Crippen molar-refractivity contribution < 1.29 is 39.8 Å². The largest absolute Gasteiger partial charge is 1.00 e. The second-order valence-electron chi connectivity index (χ2n) is 2.65. The summed E-state index contributed by atoms with van der Waals surface area (Å²) in [5.41, 5.74) is 0. The van der Waals surface area contributed by atoms with Gasteiger partial charge in [-0.2, -0.15) is 0 Å². The zero-order chi connectivity index (χ0) is 6.57. The zero-order valence-electron chi connectivity index (χ0n) is 7.22. The van der Waals surface area contributed by atoms with Crippen LogP contribution in [-0.2, 0) is 4.79 Å². The van der Waals surface area contributed by atoms with Crippen LogP contribution in [0.3, 0.4) is 0 Å². The molecule has 0 aromatic heterocycles. The first kappa shape index (κ1) is 16.9. The van der Waals surface area contributed by atoms with Gasteiger partial charge in [0.2, 0.25) is 0 Å². The van der Waals surface area contributed by atoms with Crippen LogP contribution in [0.4, 0.5) is 0 Å². The van der Waals surface area contributed by atoms with Crippen molar-refractivity contribution in [2.75, 3.05) is 0 Å². The van der Waals surface area contributed by atoms with E-state index < -0.39 is 0 Å². The van der Waals surface area contributed by atoms with E-state index in [-0.39, 0.29) is 41.0 Å². The molecule has 56 valence electrons. The fourth-order valence-corrected chi connectivity index (χ4v) is 0.755. The van der Waals surface area contributed by atoms with Gasteiger partial charge in [-0.05, 0) is 5.92 Å². The average Bonchev–Trinajstić information content (AvgIpc) is 1.65. The quantitative estimate of drug-likeness (QED) is 0.370. The minimum Gasteiger partial charge on any atom is -0.870 e. The van der Waals surface area contributed by atoms with Gasteiger partial charge in [0.1, 0.15) is 0 Å². The number of hydrogen-bond acceptors (Lipinski definition) is 2. The fourth-order valence-electron chi connectivity index (χ4n) is 0.755. The van der Waals surface area contributed by atoms with Gasteiger partial charge >= 0.3 is 29.6 Å². The molecule has 0 aromatic rings. The first-order valence-corrected chi connectivity index (χ1v) is 3.04. The number of rotatable bonds is 3. The van der Waals surface area contributed by atoms with Crippen LogP contribution in [0.5, 0.6) is 0 Å². The number of hydrogen-bond donors (Lipinski definition) is 0. The molecule has 1 atom stereocenters. The Balaban J connectivity index is -0.000000245. The van der Waals surface area contributed by atoms with Crippen LogP contribution in [0.2, 0.25) is 0 Å². The van der Waals surface area contributed by atoms with E-state index in [4.69, 9.17) is 0 Å². The third kappa shape index (κ3) is 11.4. The van der Waals surface area contributed by atoms with Gasteiger partial charge in [-0.1, -0.05) is 27.2 Å². The second kappa shape index (κ2) is 9.63. The van der Waals surface area contributed by atoms with Gasteiger partial charge in [-0.25, -0.2) is 0 Å². The van der Waals surface area contributed by atoms with Crippen molar-refractivity contribution in [3.05, 3.63) is 0 Å². The molecule has 0 radical (unpaired) electrons. The van der Waals surface area contributed by atoms with E-state index in [2.05, 4.69) is 13.8 Å². The summed E-state index contributed by atoms with van der Waals surface area (Å²) in [7, 11) is 0. The molecule has 0 aliphatic rings. The first-order valence-electron chi connectivity index (χ1n) is 3.04. The van der Waals surface area contributed by atoms with E-state index in [1.165, 1.54) is 0 Å². The van der Waals surface area contributed by atoms with Gasteiger partial charge in [0.05, 0.1) is 0 Å². The van der Waals surface area contributed by atoms with E-state index >= 15 is 0 Å². The Morgan fingerprint density at radius 1 is 1.30 bits per heavy atom. The van der Waals surface area contributed by atoms with E-state index in [0.29, 0.717) is 5.92 Å². The van der Waals surface area contributed by atoms with Gasteiger partial charge < -0.3 is 10.3 Å². The standard InChI is InChI=1S/C7H13O.Na.H2O/c1-6(2)4-7(3)5-8;;/h6-7H,4H2,1-3H3;;1H2/q-1;+1;/p-1/t7-;;/m0../s1. The Kier molecular flexibility index (Phi) is 16.3. The average molecular weight is 153 g/mol. The molecule has 1 N–H and O–H groups in total. The van der Waals surface area contributed by atoms with Crippen LogP contribution in [0.15, 0.2) is 0 Å². The molecular formula is C7H14NaO2-. The molecule has 2 nitrogen and oxygen atoms in total. The molecule has 0 heterocycles. The summed E-state index contributed by atoms with van der Waals surface area (Å²) in [6, 6.07) is 0. The summed E-state index contributed by atoms with van der Waals surface area (Å²) in [4.78, 5) is 9.92. The molecule has 0 aliphatic carbocycles. The predicted octanol–water partition coefficient (Wildman–Crippen LogP) is -1.39. The molecule has 0 bridgehead atoms. The smallest absolute Gasteiger partial charge is 0.870 e.